The fourth-order valence-corrected chi connectivity index (χ4v) is 8.76. The molecule has 0 N–H and O–H groups in total. The van der Waals surface area contributed by atoms with Gasteiger partial charge in [0.2, 0.25) is 0 Å². The number of rotatable bonds is 4. The van der Waals surface area contributed by atoms with Crippen molar-refractivity contribution >= 4 is 6.08 Å². The summed E-state index contributed by atoms with van der Waals surface area (Å²) in [6, 6.07) is 6.72. The number of benzene rings is 1. The molecule has 1 aromatic rings. The van der Waals surface area contributed by atoms with Gasteiger partial charge in [-0.1, -0.05) is 0 Å². The number of halogens is 1. The first-order chi connectivity index (χ1) is 10.2. The predicted octanol–water partition coefficient (Wildman–Crippen LogP) is 2.58. The summed E-state index contributed by atoms with van der Waals surface area (Å²) in [6.07, 6.45) is 18.5. The van der Waals surface area contributed by atoms with Gasteiger partial charge in [0.15, 0.2) is 0 Å². The standard InChI is InChI=1S/C10H11.2C5H5.ClH.Zr/c1-4-10-7-8(2)5-6-9(10)3;2*1-2-4-5-3-1;;/h1,4-7H,2-3H3;2*1-3H,4H2;1H;/q;;;;+1/p-1. The van der Waals surface area contributed by atoms with Crippen LogP contribution >= 0.6 is 0 Å². The third-order valence-corrected chi connectivity index (χ3v) is 10.6. The van der Waals surface area contributed by atoms with Gasteiger partial charge in [-0.25, -0.2) is 0 Å². The smallest absolute Gasteiger partial charge is 1.00 e. The van der Waals surface area contributed by atoms with Crippen molar-refractivity contribution in [3.63, 3.8) is 0 Å². The molecule has 0 bridgehead atoms. The molecule has 0 saturated heterocycles. The van der Waals surface area contributed by atoms with Crippen molar-refractivity contribution in [1.29, 1.82) is 0 Å². The van der Waals surface area contributed by atoms with E-state index in [0.717, 1.165) is 0 Å². The maximum atomic E-state index is 2.57. The van der Waals surface area contributed by atoms with Gasteiger partial charge in [0.25, 0.3) is 0 Å². The second kappa shape index (κ2) is 8.09. The molecule has 0 aromatic heterocycles. The Hall–Kier alpha value is -0.907. The van der Waals surface area contributed by atoms with E-state index in [2.05, 4.69) is 78.4 Å². The largest absolute Gasteiger partial charge is 1.00 e. The third-order valence-electron chi connectivity index (χ3n) is 4.10. The second-order valence-electron chi connectivity index (χ2n) is 5.76. The van der Waals surface area contributed by atoms with E-state index in [1.54, 1.807) is 6.56 Å². The van der Waals surface area contributed by atoms with Crippen LogP contribution in [-0.4, -0.2) is 0 Å². The summed E-state index contributed by atoms with van der Waals surface area (Å²) in [4.78, 5) is 0. The summed E-state index contributed by atoms with van der Waals surface area (Å²) >= 11 is -1.78. The predicted molar refractivity (Wildman–Crippen MR) is 88.6 cm³/mol. The molecule has 0 aliphatic heterocycles. The average molecular weight is 388 g/mol. The minimum Gasteiger partial charge on any atom is -1.00 e. The fraction of sp³-hybridized carbons (Fsp3) is 0.200. The van der Waals surface area contributed by atoms with Crippen LogP contribution in [0.15, 0.2) is 65.0 Å². The van der Waals surface area contributed by atoms with Gasteiger partial charge in [0.1, 0.15) is 0 Å². The van der Waals surface area contributed by atoms with Crippen LogP contribution in [0.5, 0.6) is 0 Å². The number of aryl methyl sites for hydroxylation is 2. The first-order valence-corrected chi connectivity index (χ1v) is 11.5. The van der Waals surface area contributed by atoms with E-state index < -0.39 is 21.8 Å². The zero-order valence-electron chi connectivity index (χ0n) is 13.1. The molecule has 112 valence electrons. The van der Waals surface area contributed by atoms with Crippen molar-refractivity contribution in [3.8, 4) is 0 Å². The molecule has 2 heteroatoms. The Balaban J connectivity index is 0.00000176. The molecule has 0 spiro atoms. The van der Waals surface area contributed by atoms with Crippen molar-refractivity contribution in [2.45, 2.75) is 26.7 Å². The van der Waals surface area contributed by atoms with Crippen molar-refractivity contribution in [2.24, 2.45) is 0 Å². The minimum absolute atomic E-state index is 0. The van der Waals surface area contributed by atoms with Gasteiger partial charge < -0.3 is 12.4 Å². The summed E-state index contributed by atoms with van der Waals surface area (Å²) < 4.78 is 5.98. The van der Waals surface area contributed by atoms with Crippen LogP contribution in [0.1, 0.15) is 29.5 Å². The molecule has 0 fully saturated rings. The van der Waals surface area contributed by atoms with Gasteiger partial charge in [-0.15, -0.1) is 0 Å². The zero-order chi connectivity index (χ0) is 14.7. The van der Waals surface area contributed by atoms with Crippen LogP contribution in [0.3, 0.4) is 0 Å². The van der Waals surface area contributed by atoms with E-state index in [0.29, 0.717) is 0 Å². The Morgan fingerprint density at radius 1 is 0.955 bits per heavy atom. The van der Waals surface area contributed by atoms with Crippen LogP contribution < -0.4 is 12.4 Å². The summed E-state index contributed by atoms with van der Waals surface area (Å²) in [5, 5.41) is 0. The second-order valence-corrected chi connectivity index (χ2v) is 11.8. The minimum atomic E-state index is -1.78. The molecule has 3 rings (SSSR count). The summed E-state index contributed by atoms with van der Waals surface area (Å²) in [6.45, 7) is 4.37. The fourth-order valence-electron chi connectivity index (χ4n) is 2.83. The van der Waals surface area contributed by atoms with E-state index in [1.807, 2.05) is 0 Å². The Labute approximate surface area is 148 Å². The number of hydrogen-bond donors (Lipinski definition) is 0. The maximum Gasteiger partial charge on any atom is -1.00 e. The van der Waals surface area contributed by atoms with Crippen LogP contribution in [0.25, 0.3) is 6.08 Å². The molecule has 22 heavy (non-hydrogen) atoms. The molecule has 0 amide bonds. The Kier molecular flexibility index (Phi) is 6.41. The normalized spacial score (nSPS) is 15.9. The molecule has 2 aliphatic rings. The molecular weight excluding hydrogens is 367 g/mol. The Morgan fingerprint density at radius 2 is 1.59 bits per heavy atom. The molecule has 0 nitrogen and oxygen atoms in total. The van der Waals surface area contributed by atoms with Gasteiger partial charge in [-0.3, -0.25) is 0 Å². The van der Waals surface area contributed by atoms with Crippen molar-refractivity contribution in [1.82, 2.24) is 0 Å². The monoisotopic (exact) mass is 386 g/mol. The van der Waals surface area contributed by atoms with E-state index >= 15 is 0 Å². The first kappa shape index (κ1) is 17.4. The maximum absolute atomic E-state index is 2.57. The van der Waals surface area contributed by atoms with Crippen molar-refractivity contribution < 1.29 is 34.2 Å². The molecule has 0 atom stereocenters. The Morgan fingerprint density at radius 3 is 2.14 bits per heavy atom. The van der Waals surface area contributed by atoms with Gasteiger partial charge >= 0.3 is 136 Å². The summed E-state index contributed by atoms with van der Waals surface area (Å²) in [7, 11) is 0. The van der Waals surface area contributed by atoms with Crippen molar-refractivity contribution in [2.75, 3.05) is 0 Å². The summed E-state index contributed by atoms with van der Waals surface area (Å²) in [5.74, 6) is 0. The molecule has 0 saturated carbocycles. The van der Waals surface area contributed by atoms with E-state index in [9.17, 15) is 0 Å². The van der Waals surface area contributed by atoms with Crippen LogP contribution in [0.2, 0.25) is 0 Å². The van der Waals surface area contributed by atoms with Gasteiger partial charge in [-0.2, -0.15) is 0 Å². The number of hydrogen-bond acceptors (Lipinski definition) is 0. The molecule has 1 aromatic carbocycles. The van der Waals surface area contributed by atoms with E-state index in [4.69, 9.17) is 0 Å². The molecule has 0 heterocycles. The number of allylic oxidation sites excluding steroid dienone is 8. The van der Waals surface area contributed by atoms with Crippen LogP contribution in [-0.2, 0) is 21.8 Å². The topological polar surface area (TPSA) is 0 Å². The molecular formula is C20H21ClZr. The molecule has 0 radical (unpaired) electrons. The van der Waals surface area contributed by atoms with Gasteiger partial charge in [0.05, 0.1) is 0 Å². The SMILES string of the molecule is Cc1ccc(C)c(/C=[CH]/[Zr+]([C]2=CC=CC2)[C]2=CC=CC2)c1.[Cl-]. The van der Waals surface area contributed by atoms with Gasteiger partial charge in [0, 0.05) is 0 Å². The first-order valence-electron chi connectivity index (χ1n) is 7.58. The van der Waals surface area contributed by atoms with Crippen LogP contribution in [0.4, 0.5) is 0 Å². The quantitative estimate of drug-likeness (QED) is 0.744. The zero-order valence-corrected chi connectivity index (χ0v) is 16.4. The molecule has 2 aliphatic carbocycles. The van der Waals surface area contributed by atoms with Crippen LogP contribution in [0, 0.1) is 13.8 Å². The Bertz CT molecular complexity index is 660. The van der Waals surface area contributed by atoms with Gasteiger partial charge in [-0.05, 0) is 0 Å². The van der Waals surface area contributed by atoms with E-state index in [-0.39, 0.29) is 12.4 Å². The summed E-state index contributed by atoms with van der Waals surface area (Å²) in [5.41, 5.74) is 4.09. The molecule has 0 unspecified atom stereocenters. The van der Waals surface area contributed by atoms with Crippen molar-refractivity contribution in [3.05, 3.63) is 81.7 Å². The average Bonchev–Trinajstić information content (AvgIpc) is 3.16. The third kappa shape index (κ3) is 4.09. The van der Waals surface area contributed by atoms with E-state index in [1.165, 1.54) is 29.5 Å².